The van der Waals surface area contributed by atoms with E-state index < -0.39 is 18.7 Å². The van der Waals surface area contributed by atoms with Crippen LogP contribution >= 0.6 is 0 Å². The molecular formula is C11H22N2O2. The Hall–Kier alpha value is -0.770. The average molecular weight is 217 g/mol. The molecule has 0 saturated carbocycles. The predicted molar refractivity (Wildman–Crippen MR) is 59.9 cm³/mol. The molecule has 0 atom stereocenters. The van der Waals surface area contributed by atoms with Crippen LogP contribution in [-0.4, -0.2) is 42.7 Å². The fourth-order valence-electron chi connectivity index (χ4n) is 1.53. The van der Waals surface area contributed by atoms with Crippen LogP contribution in [0, 0.1) is 0 Å². The molecule has 88 valence electrons. The van der Waals surface area contributed by atoms with Gasteiger partial charge in [-0.05, 0) is 46.7 Å². The first kappa shape index (κ1) is 8.39. The van der Waals surface area contributed by atoms with Crippen LogP contribution < -0.4 is 5.32 Å². The van der Waals surface area contributed by atoms with Gasteiger partial charge >= 0.3 is 6.09 Å². The summed E-state index contributed by atoms with van der Waals surface area (Å²) >= 11 is 0. The van der Waals surface area contributed by atoms with Crippen molar-refractivity contribution in [1.82, 2.24) is 10.2 Å². The van der Waals surface area contributed by atoms with E-state index in [2.05, 4.69) is 5.32 Å². The van der Waals surface area contributed by atoms with E-state index in [1.54, 1.807) is 20.8 Å². The molecule has 0 spiro atoms. The molecule has 1 aliphatic heterocycles. The largest absolute Gasteiger partial charge is 0.444 e. The number of rotatable bonds is 1. The highest BCUT2D eigenvalue weighted by Gasteiger charge is 2.26. The summed E-state index contributed by atoms with van der Waals surface area (Å²) in [7, 11) is 0. The number of hydrogen-bond donors (Lipinski definition) is 1. The van der Waals surface area contributed by atoms with Crippen molar-refractivity contribution < 1.29 is 13.6 Å². The van der Waals surface area contributed by atoms with Crippen LogP contribution in [0.2, 0.25) is 0 Å². The van der Waals surface area contributed by atoms with E-state index in [1.165, 1.54) is 0 Å². The molecule has 0 aromatic heterocycles. The highest BCUT2D eigenvalue weighted by Crippen LogP contribution is 2.14. The van der Waals surface area contributed by atoms with Gasteiger partial charge in [-0.1, -0.05) is 0 Å². The molecule has 1 amide bonds. The Balaban J connectivity index is 2.81. The lowest BCUT2D eigenvalue weighted by Crippen LogP contribution is -2.45. The van der Waals surface area contributed by atoms with Crippen LogP contribution in [0.5, 0.6) is 0 Å². The van der Waals surface area contributed by atoms with Crippen molar-refractivity contribution in [3.63, 3.8) is 0 Å². The van der Waals surface area contributed by atoms with E-state index in [0.717, 1.165) is 18.0 Å². The first-order valence-corrected chi connectivity index (χ1v) is 5.34. The smallest absolute Gasteiger partial charge is 0.410 e. The molecule has 4 nitrogen and oxygen atoms in total. The van der Waals surface area contributed by atoms with Gasteiger partial charge in [-0.25, -0.2) is 4.79 Å². The molecule has 4 heteroatoms. The van der Waals surface area contributed by atoms with Crippen LogP contribution in [0.25, 0.3) is 0 Å². The van der Waals surface area contributed by atoms with Crippen LogP contribution in [-0.2, 0) is 4.74 Å². The van der Waals surface area contributed by atoms with Gasteiger partial charge < -0.3 is 15.0 Å². The van der Waals surface area contributed by atoms with Crippen molar-refractivity contribution in [1.29, 1.82) is 0 Å². The van der Waals surface area contributed by atoms with Gasteiger partial charge in [0.15, 0.2) is 0 Å². The van der Waals surface area contributed by atoms with E-state index in [4.69, 9.17) is 8.85 Å². The average Bonchev–Trinajstić information content (AvgIpc) is 2.13. The topological polar surface area (TPSA) is 41.6 Å². The van der Waals surface area contributed by atoms with Crippen molar-refractivity contribution in [2.75, 3.05) is 20.1 Å². The first-order chi connectivity index (χ1) is 8.11. The summed E-state index contributed by atoms with van der Waals surface area (Å²) in [5.74, 6) is 0. The zero-order chi connectivity index (χ0) is 14.0. The Kier molecular flexibility index (Phi) is 2.70. The second-order valence-electron chi connectivity index (χ2n) is 4.83. The summed E-state index contributed by atoms with van der Waals surface area (Å²) in [6, 6.07) is -0.284. The molecule has 0 aromatic carbocycles. The minimum atomic E-state index is -2.45. The van der Waals surface area contributed by atoms with Gasteiger partial charge in [0, 0.05) is 17.1 Å². The highest BCUT2D eigenvalue weighted by atomic mass is 16.6. The summed E-state index contributed by atoms with van der Waals surface area (Å²) in [5, 5.41) is 3.15. The number of piperidine rings is 1. The molecule has 15 heavy (non-hydrogen) atoms. The first-order valence-electron chi connectivity index (χ1n) is 6.84. The van der Waals surface area contributed by atoms with Crippen molar-refractivity contribution in [2.45, 2.75) is 45.3 Å². The Bertz CT molecular complexity index is 294. The van der Waals surface area contributed by atoms with Gasteiger partial charge in [0.1, 0.15) is 5.60 Å². The molecule has 0 unspecified atom stereocenters. The SMILES string of the molecule is [2H]C([2H])([2H])N(C(=O)OC(C)(C)C)C1CCNCC1. The van der Waals surface area contributed by atoms with Crippen LogP contribution in [0.15, 0.2) is 0 Å². The molecular weight excluding hydrogens is 192 g/mol. The number of carbonyl (C=O) groups is 1. The zero-order valence-corrected chi connectivity index (χ0v) is 9.67. The third-order valence-electron chi connectivity index (χ3n) is 2.26. The van der Waals surface area contributed by atoms with Gasteiger partial charge in [-0.3, -0.25) is 0 Å². The van der Waals surface area contributed by atoms with Crippen LogP contribution in [0.4, 0.5) is 4.79 Å². The Morgan fingerprint density at radius 2 is 2.07 bits per heavy atom. The van der Waals surface area contributed by atoms with E-state index in [1.807, 2.05) is 0 Å². The maximum Gasteiger partial charge on any atom is 0.410 e. The lowest BCUT2D eigenvalue weighted by molar-refractivity contribution is 0.0195. The lowest BCUT2D eigenvalue weighted by atomic mass is 10.1. The molecule has 1 aliphatic rings. The maximum atomic E-state index is 12.0. The van der Waals surface area contributed by atoms with Gasteiger partial charge in [0.25, 0.3) is 0 Å². The van der Waals surface area contributed by atoms with Gasteiger partial charge in [0.05, 0.1) is 0 Å². The molecule has 1 rings (SSSR count). The van der Waals surface area contributed by atoms with Crippen molar-refractivity contribution >= 4 is 6.09 Å². The number of hydrogen-bond acceptors (Lipinski definition) is 3. The summed E-state index contributed by atoms with van der Waals surface area (Å²) in [4.78, 5) is 12.9. The number of nitrogens with one attached hydrogen (secondary N) is 1. The lowest BCUT2D eigenvalue weighted by Gasteiger charge is -2.33. The maximum absolute atomic E-state index is 12.0. The number of nitrogens with zero attached hydrogens (tertiary/aromatic N) is 1. The monoisotopic (exact) mass is 217 g/mol. The second-order valence-corrected chi connectivity index (χ2v) is 4.83. The minimum absolute atomic E-state index is 0.284. The summed E-state index contributed by atoms with van der Waals surface area (Å²) < 4.78 is 27.7. The fraction of sp³-hybridized carbons (Fsp3) is 0.909. The van der Waals surface area contributed by atoms with E-state index in [9.17, 15) is 4.79 Å². The molecule has 1 N–H and O–H groups in total. The summed E-state index contributed by atoms with van der Waals surface area (Å²) in [6.45, 7) is 4.17. The van der Waals surface area contributed by atoms with Crippen LogP contribution in [0.3, 0.4) is 0 Å². The molecule has 1 fully saturated rings. The third-order valence-corrected chi connectivity index (χ3v) is 2.26. The van der Waals surface area contributed by atoms with Crippen molar-refractivity contribution in [2.24, 2.45) is 0 Å². The molecule has 1 heterocycles. The highest BCUT2D eigenvalue weighted by molar-refractivity contribution is 5.68. The quantitative estimate of drug-likeness (QED) is 0.725. The normalized spacial score (nSPS) is 22.5. The Morgan fingerprint density at radius 1 is 1.47 bits per heavy atom. The van der Waals surface area contributed by atoms with Crippen molar-refractivity contribution in [3.05, 3.63) is 0 Å². The predicted octanol–water partition coefficient (Wildman–Crippen LogP) is 1.61. The van der Waals surface area contributed by atoms with Gasteiger partial charge in [0.2, 0.25) is 0 Å². The number of carbonyl (C=O) groups excluding carboxylic acids is 1. The van der Waals surface area contributed by atoms with E-state index >= 15 is 0 Å². The van der Waals surface area contributed by atoms with Crippen LogP contribution in [0.1, 0.15) is 37.7 Å². The molecule has 0 radical (unpaired) electrons. The molecule has 1 saturated heterocycles. The van der Waals surface area contributed by atoms with E-state index in [-0.39, 0.29) is 6.04 Å². The molecule has 0 bridgehead atoms. The number of amides is 1. The number of ether oxygens (including phenoxy) is 1. The van der Waals surface area contributed by atoms with Gasteiger partial charge in [-0.15, -0.1) is 0 Å². The standard InChI is InChI=1S/C11H22N2O2/c1-11(2,3)15-10(14)13(4)9-5-7-12-8-6-9/h9,12H,5-8H2,1-4H3/i4D3. The Labute approximate surface area is 96.2 Å². The van der Waals surface area contributed by atoms with Crippen molar-refractivity contribution in [3.8, 4) is 0 Å². The fourth-order valence-corrected chi connectivity index (χ4v) is 1.53. The second kappa shape index (κ2) is 4.84. The zero-order valence-electron chi connectivity index (χ0n) is 12.7. The Morgan fingerprint density at radius 3 is 2.53 bits per heavy atom. The summed E-state index contributed by atoms with van der Waals surface area (Å²) in [6.07, 6.45) is 0.518. The summed E-state index contributed by atoms with van der Waals surface area (Å²) in [5.41, 5.74) is -0.687. The van der Waals surface area contributed by atoms with Gasteiger partial charge in [-0.2, -0.15) is 0 Å². The third kappa shape index (κ3) is 4.08. The van der Waals surface area contributed by atoms with E-state index in [0.29, 0.717) is 12.8 Å². The molecule has 0 aromatic rings. The molecule has 0 aliphatic carbocycles. The minimum Gasteiger partial charge on any atom is -0.444 e.